The number of ether oxygens (including phenoxy) is 1. The van der Waals surface area contributed by atoms with Crippen LogP contribution in [-0.4, -0.2) is 68.7 Å². The van der Waals surface area contributed by atoms with Crippen LogP contribution in [0.15, 0.2) is 6.07 Å². The average molecular weight is 466 g/mol. The number of nitro groups is 1. The molecular weight excluding hydrogens is 434 g/mol. The van der Waals surface area contributed by atoms with Gasteiger partial charge in [-0.1, -0.05) is 32.1 Å². The molecule has 2 aromatic rings. The Bertz CT molecular complexity index is 970. The Labute approximate surface area is 187 Å². The molecule has 4 rings (SSSR count). The summed E-state index contributed by atoms with van der Waals surface area (Å²) in [6.45, 7) is 15.3. The molecule has 0 aromatic carbocycles. The molecule has 2 aliphatic rings. The average Bonchev–Trinajstić information content (AvgIpc) is 3.32. The molecular formula is C20H31N5O4SSi. The molecule has 0 amide bonds. The molecule has 2 fully saturated rings. The van der Waals surface area contributed by atoms with Crippen LogP contribution < -0.4 is 9.80 Å². The first-order chi connectivity index (χ1) is 14.5. The Morgan fingerprint density at radius 3 is 2.58 bits per heavy atom. The largest absolute Gasteiger partial charge is 0.412 e. The first kappa shape index (κ1) is 22.4. The van der Waals surface area contributed by atoms with Crippen molar-refractivity contribution in [1.82, 2.24) is 9.97 Å². The molecule has 0 N–H and O–H groups in total. The Morgan fingerprint density at radius 1 is 1.23 bits per heavy atom. The van der Waals surface area contributed by atoms with Gasteiger partial charge in [-0.2, -0.15) is 4.98 Å². The monoisotopic (exact) mass is 465 g/mol. The predicted octanol–water partition coefficient (Wildman–Crippen LogP) is 4.04. The highest BCUT2D eigenvalue weighted by molar-refractivity contribution is 7.22. The minimum atomic E-state index is -1.90. The fourth-order valence-corrected chi connectivity index (χ4v) is 6.07. The van der Waals surface area contributed by atoms with Crippen molar-refractivity contribution in [3.8, 4) is 0 Å². The van der Waals surface area contributed by atoms with Gasteiger partial charge < -0.3 is 19.0 Å². The first-order valence-corrected chi connectivity index (χ1v) is 14.5. The zero-order chi connectivity index (χ0) is 22.4. The zero-order valence-electron chi connectivity index (χ0n) is 18.9. The second kappa shape index (κ2) is 8.27. The fraction of sp³-hybridized carbons (Fsp3) is 0.700. The van der Waals surface area contributed by atoms with Crippen molar-refractivity contribution in [2.45, 2.75) is 51.4 Å². The van der Waals surface area contributed by atoms with Crippen LogP contribution in [0.25, 0.3) is 10.3 Å². The van der Waals surface area contributed by atoms with E-state index in [2.05, 4.69) is 48.7 Å². The summed E-state index contributed by atoms with van der Waals surface area (Å²) in [4.78, 5) is 25.0. The first-order valence-electron chi connectivity index (χ1n) is 10.8. The van der Waals surface area contributed by atoms with Gasteiger partial charge in [-0.15, -0.1) is 0 Å². The van der Waals surface area contributed by atoms with Crippen molar-refractivity contribution in [2.24, 2.45) is 0 Å². The molecule has 170 valence electrons. The third-order valence-corrected chi connectivity index (χ3v) is 12.1. The topological polar surface area (TPSA) is 93.9 Å². The van der Waals surface area contributed by atoms with Gasteiger partial charge in [0.15, 0.2) is 19.1 Å². The van der Waals surface area contributed by atoms with E-state index in [9.17, 15) is 10.1 Å². The van der Waals surface area contributed by atoms with Crippen LogP contribution in [0, 0.1) is 10.1 Å². The number of hydrogen-bond donors (Lipinski definition) is 0. The van der Waals surface area contributed by atoms with Crippen molar-refractivity contribution in [3.05, 3.63) is 16.2 Å². The molecule has 2 saturated heterocycles. The van der Waals surface area contributed by atoms with Crippen molar-refractivity contribution < 1.29 is 14.1 Å². The van der Waals surface area contributed by atoms with E-state index in [-0.39, 0.29) is 21.8 Å². The van der Waals surface area contributed by atoms with Gasteiger partial charge in [-0.25, -0.2) is 4.98 Å². The predicted molar refractivity (Wildman–Crippen MR) is 126 cm³/mol. The SMILES string of the molecule is CC(C)(C)[Si](C)(C)OC1CCN(c2nc3nc(N4CCOCC4)sc3cc2[N+](=O)[O-])C1. The number of pyridine rings is 1. The highest BCUT2D eigenvalue weighted by Gasteiger charge is 2.41. The smallest absolute Gasteiger partial charge is 0.313 e. The highest BCUT2D eigenvalue weighted by atomic mass is 32.1. The van der Waals surface area contributed by atoms with E-state index < -0.39 is 8.32 Å². The summed E-state index contributed by atoms with van der Waals surface area (Å²) >= 11 is 1.45. The van der Waals surface area contributed by atoms with E-state index in [1.165, 1.54) is 11.3 Å². The minimum absolute atomic E-state index is 0.0395. The Hall–Kier alpha value is -1.82. The van der Waals surface area contributed by atoms with Gasteiger partial charge in [0.05, 0.1) is 28.9 Å². The fourth-order valence-electron chi connectivity index (χ4n) is 3.70. The molecule has 1 atom stereocenters. The second-order valence-electron chi connectivity index (χ2n) is 9.74. The lowest BCUT2D eigenvalue weighted by Gasteiger charge is -2.38. The molecule has 0 aliphatic carbocycles. The van der Waals surface area contributed by atoms with Crippen LogP contribution in [0.5, 0.6) is 0 Å². The van der Waals surface area contributed by atoms with Crippen LogP contribution in [0.1, 0.15) is 27.2 Å². The van der Waals surface area contributed by atoms with Crippen molar-refractivity contribution in [3.63, 3.8) is 0 Å². The molecule has 9 nitrogen and oxygen atoms in total. The standard InChI is InChI=1S/C20H31N5O4SSi/c1-20(2,3)31(4,5)29-14-6-7-24(13-14)18-15(25(26)27)12-16-17(21-18)22-19(30-16)23-8-10-28-11-9-23/h12,14H,6-11,13H2,1-5H3. The minimum Gasteiger partial charge on any atom is -0.412 e. The lowest BCUT2D eigenvalue weighted by atomic mass is 10.2. The Morgan fingerprint density at radius 2 is 1.94 bits per heavy atom. The summed E-state index contributed by atoms with van der Waals surface area (Å²) in [7, 11) is -1.90. The molecule has 4 heterocycles. The van der Waals surface area contributed by atoms with E-state index >= 15 is 0 Å². The summed E-state index contributed by atoms with van der Waals surface area (Å²) < 4.78 is 12.7. The van der Waals surface area contributed by atoms with Crippen LogP contribution >= 0.6 is 11.3 Å². The van der Waals surface area contributed by atoms with Gasteiger partial charge in [0.2, 0.25) is 5.82 Å². The van der Waals surface area contributed by atoms with Crippen LogP contribution in [0.3, 0.4) is 0 Å². The molecule has 11 heteroatoms. The number of morpholine rings is 1. The number of fused-ring (bicyclic) bond motifs is 1. The number of thiazole rings is 1. The van der Waals surface area contributed by atoms with Crippen molar-refractivity contribution in [2.75, 3.05) is 49.2 Å². The zero-order valence-corrected chi connectivity index (χ0v) is 20.7. The number of aromatic nitrogens is 2. The summed E-state index contributed by atoms with van der Waals surface area (Å²) in [6.07, 6.45) is 0.914. The number of nitrogens with zero attached hydrogens (tertiary/aromatic N) is 5. The van der Waals surface area contributed by atoms with Crippen LogP contribution in [0.4, 0.5) is 16.6 Å². The lowest BCUT2D eigenvalue weighted by molar-refractivity contribution is -0.384. The Kier molecular flexibility index (Phi) is 5.97. The quantitative estimate of drug-likeness (QED) is 0.371. The third kappa shape index (κ3) is 4.55. The van der Waals surface area contributed by atoms with E-state index in [4.69, 9.17) is 9.16 Å². The van der Waals surface area contributed by atoms with Gasteiger partial charge >= 0.3 is 5.69 Å². The normalized spacial score (nSPS) is 20.6. The van der Waals surface area contributed by atoms with Crippen molar-refractivity contribution in [1.29, 1.82) is 0 Å². The maximum atomic E-state index is 11.8. The second-order valence-corrected chi connectivity index (χ2v) is 15.5. The lowest BCUT2D eigenvalue weighted by Crippen LogP contribution is -2.44. The summed E-state index contributed by atoms with van der Waals surface area (Å²) in [5.41, 5.74) is 0.610. The third-order valence-electron chi connectivity index (χ3n) is 6.52. The van der Waals surface area contributed by atoms with E-state index in [0.29, 0.717) is 37.8 Å². The molecule has 2 aliphatic heterocycles. The molecule has 0 bridgehead atoms. The molecule has 0 saturated carbocycles. The van der Waals surface area contributed by atoms with E-state index in [0.717, 1.165) is 29.3 Å². The number of anilines is 2. The highest BCUT2D eigenvalue weighted by Crippen LogP contribution is 2.40. The Balaban J connectivity index is 1.59. The summed E-state index contributed by atoms with van der Waals surface area (Å²) in [5.74, 6) is 0.401. The van der Waals surface area contributed by atoms with Gasteiger partial charge in [0.1, 0.15) is 0 Å². The summed E-state index contributed by atoms with van der Waals surface area (Å²) in [5, 5.41) is 12.8. The summed E-state index contributed by atoms with van der Waals surface area (Å²) in [6, 6.07) is 1.63. The molecule has 31 heavy (non-hydrogen) atoms. The maximum absolute atomic E-state index is 11.8. The van der Waals surface area contributed by atoms with Gasteiger partial charge in [-0.3, -0.25) is 10.1 Å². The van der Waals surface area contributed by atoms with Gasteiger partial charge in [-0.05, 0) is 24.6 Å². The van der Waals surface area contributed by atoms with Crippen molar-refractivity contribution >= 4 is 46.6 Å². The number of rotatable bonds is 5. The maximum Gasteiger partial charge on any atom is 0.313 e. The molecule has 1 unspecified atom stereocenters. The van der Waals surface area contributed by atoms with Gasteiger partial charge in [0, 0.05) is 32.2 Å². The van der Waals surface area contributed by atoms with Crippen LogP contribution in [-0.2, 0) is 9.16 Å². The van der Waals surface area contributed by atoms with Crippen LogP contribution in [0.2, 0.25) is 18.1 Å². The van der Waals surface area contributed by atoms with E-state index in [1.54, 1.807) is 6.07 Å². The van der Waals surface area contributed by atoms with E-state index in [1.807, 2.05) is 4.90 Å². The molecule has 0 spiro atoms. The molecule has 0 radical (unpaired) electrons. The number of hydrogen-bond acceptors (Lipinski definition) is 9. The van der Waals surface area contributed by atoms with Gasteiger partial charge in [0.25, 0.3) is 0 Å². The molecule has 2 aromatic heterocycles.